The van der Waals surface area contributed by atoms with E-state index in [1.807, 2.05) is 0 Å². The molecule has 0 spiro atoms. The average Bonchev–Trinajstić information content (AvgIpc) is 2.89. The highest BCUT2D eigenvalue weighted by molar-refractivity contribution is 7.94. The molecule has 3 aromatic rings. The Hall–Kier alpha value is -2.38. The van der Waals surface area contributed by atoms with E-state index in [2.05, 4.69) is 123 Å². The van der Waals surface area contributed by atoms with E-state index in [4.69, 9.17) is 9.47 Å². The van der Waals surface area contributed by atoms with Gasteiger partial charge in [-0.05, 0) is 54.6 Å². The first-order valence-corrected chi connectivity index (χ1v) is 14.0. The minimum Gasteiger partial charge on any atom is -0.349 e. The lowest BCUT2D eigenvalue weighted by Crippen LogP contribution is -2.26. The molecule has 0 bridgehead atoms. The molecule has 3 heteroatoms. The van der Waals surface area contributed by atoms with E-state index in [0.717, 1.165) is 38.9 Å². The van der Waals surface area contributed by atoms with Crippen LogP contribution >= 0.6 is 6.89 Å². The second kappa shape index (κ2) is 14.0. The van der Waals surface area contributed by atoms with E-state index in [-0.39, 0.29) is 6.29 Å². The fourth-order valence-corrected chi connectivity index (χ4v) is 7.94. The second-order valence-corrected chi connectivity index (χ2v) is 11.4. The van der Waals surface area contributed by atoms with Crippen molar-refractivity contribution in [2.75, 3.05) is 13.2 Å². The van der Waals surface area contributed by atoms with Gasteiger partial charge in [0.25, 0.3) is 0 Å². The maximum absolute atomic E-state index is 5.84. The molecule has 0 fully saturated rings. The number of hydrogen-bond acceptors (Lipinski definition) is 2. The van der Waals surface area contributed by atoms with E-state index >= 15 is 0 Å². The van der Waals surface area contributed by atoms with E-state index in [9.17, 15) is 0 Å². The van der Waals surface area contributed by atoms with Crippen molar-refractivity contribution in [2.24, 2.45) is 0 Å². The summed E-state index contributed by atoms with van der Waals surface area (Å²) in [6.45, 7) is 3.80. The molecule has 0 heterocycles. The summed E-state index contributed by atoms with van der Waals surface area (Å²) in [5.41, 5.74) is 0. The Morgan fingerprint density at radius 1 is 0.636 bits per heavy atom. The van der Waals surface area contributed by atoms with Crippen LogP contribution in [-0.4, -0.2) is 25.3 Å². The topological polar surface area (TPSA) is 18.5 Å². The van der Waals surface area contributed by atoms with Crippen LogP contribution in [0.5, 0.6) is 0 Å². The van der Waals surface area contributed by atoms with Crippen molar-refractivity contribution < 1.29 is 9.47 Å². The monoisotopic (exact) mass is 460 g/mol. The first-order chi connectivity index (χ1) is 16.3. The zero-order valence-corrected chi connectivity index (χ0v) is 20.9. The van der Waals surface area contributed by atoms with Crippen LogP contribution in [0.3, 0.4) is 0 Å². The lowest BCUT2D eigenvalue weighted by atomic mass is 10.3. The van der Waals surface area contributed by atoms with Crippen molar-refractivity contribution in [3.8, 4) is 0 Å². The molecule has 3 rings (SSSR count). The number of allylic oxidation sites excluding steroid dienone is 1. The smallest absolute Gasteiger partial charge is 0.176 e. The highest BCUT2D eigenvalue weighted by Gasteiger charge is 2.24. The van der Waals surface area contributed by atoms with Crippen molar-refractivity contribution in [1.29, 1.82) is 0 Å². The lowest BCUT2D eigenvalue weighted by molar-refractivity contribution is -0.111. The van der Waals surface area contributed by atoms with Crippen molar-refractivity contribution in [3.05, 3.63) is 103 Å². The van der Waals surface area contributed by atoms with Crippen LogP contribution in [0.2, 0.25) is 0 Å². The molecule has 0 aromatic heterocycles. The van der Waals surface area contributed by atoms with E-state index in [0.29, 0.717) is 0 Å². The molecule has 0 aliphatic heterocycles. The zero-order valence-electron chi connectivity index (χ0n) is 20.0. The molecule has 0 aliphatic rings. The largest absolute Gasteiger partial charge is 0.349 e. The van der Waals surface area contributed by atoms with Gasteiger partial charge < -0.3 is 9.47 Å². The quantitative estimate of drug-likeness (QED) is 0.129. The summed E-state index contributed by atoms with van der Waals surface area (Å²) < 4.78 is 11.7. The summed E-state index contributed by atoms with van der Waals surface area (Å²) in [5, 5.41) is 4.17. The molecule has 0 unspecified atom stereocenters. The molecule has 0 amide bonds. The summed E-state index contributed by atoms with van der Waals surface area (Å²) >= 11 is 0. The Labute approximate surface area is 200 Å². The Morgan fingerprint density at radius 3 is 1.45 bits per heavy atom. The minimum atomic E-state index is -1.87. The van der Waals surface area contributed by atoms with E-state index in [1.165, 1.54) is 15.9 Å². The summed E-state index contributed by atoms with van der Waals surface area (Å²) in [5.74, 6) is 2.58. The number of ether oxygens (including phenoxy) is 2. The van der Waals surface area contributed by atoms with Crippen molar-refractivity contribution in [1.82, 2.24) is 0 Å². The van der Waals surface area contributed by atoms with Crippen LogP contribution in [0.4, 0.5) is 0 Å². The molecular weight excluding hydrogens is 423 g/mol. The highest BCUT2D eigenvalue weighted by atomic mass is 31.2. The zero-order chi connectivity index (χ0) is 23.2. The standard InChI is InChI=1S/C30H37O2P/c1-3-24-31-30(32-25-4-2)23-15-8-16-26-33(27-17-9-5-10-18-27,28-19-11-6-12-20-28)29-21-13-7-14-22-29/h5-7,9-15,17-23,26,30H,3-4,8,16,24-25H2,1-2H3/b23-15+. The van der Waals surface area contributed by atoms with Gasteiger partial charge in [-0.2, -0.15) is 0 Å². The first-order valence-electron chi connectivity index (χ1n) is 12.1. The molecular formula is C30H37O2P. The van der Waals surface area contributed by atoms with Gasteiger partial charge in [0.15, 0.2) is 6.29 Å². The van der Waals surface area contributed by atoms with Gasteiger partial charge in [0.05, 0.1) is 0 Å². The van der Waals surface area contributed by atoms with E-state index < -0.39 is 6.89 Å². The summed E-state index contributed by atoms with van der Waals surface area (Å²) in [6, 6.07) is 33.0. The third-order valence-corrected chi connectivity index (χ3v) is 9.64. The Kier molecular flexibility index (Phi) is 10.7. The first kappa shape index (κ1) is 25.2. The molecule has 174 valence electrons. The van der Waals surface area contributed by atoms with Gasteiger partial charge in [-0.1, -0.05) is 117 Å². The predicted octanol–water partition coefficient (Wildman–Crippen LogP) is 6.30. The maximum Gasteiger partial charge on any atom is 0.176 e. The molecule has 0 saturated carbocycles. The SMILES string of the molecule is CCCOC(/C=C/CCC=P(c1ccccc1)(c1ccccc1)c1ccccc1)OCCC. The third kappa shape index (κ3) is 7.05. The number of unbranched alkanes of at least 4 members (excludes halogenated alkanes) is 1. The molecule has 3 aromatic carbocycles. The molecule has 2 nitrogen and oxygen atoms in total. The van der Waals surface area contributed by atoms with Crippen LogP contribution < -0.4 is 15.9 Å². The van der Waals surface area contributed by atoms with Gasteiger partial charge in [-0.15, -0.1) is 0 Å². The number of benzene rings is 3. The lowest BCUT2D eigenvalue weighted by Gasteiger charge is -2.29. The van der Waals surface area contributed by atoms with Gasteiger partial charge in [0.2, 0.25) is 0 Å². The highest BCUT2D eigenvalue weighted by Crippen LogP contribution is 2.44. The molecule has 0 radical (unpaired) electrons. The summed E-state index contributed by atoms with van der Waals surface area (Å²) in [6.07, 6.45) is 7.96. The van der Waals surface area contributed by atoms with Crippen LogP contribution in [0.15, 0.2) is 103 Å². The van der Waals surface area contributed by atoms with Crippen LogP contribution in [-0.2, 0) is 9.47 Å². The van der Waals surface area contributed by atoms with Crippen molar-refractivity contribution >= 4 is 28.6 Å². The molecule has 33 heavy (non-hydrogen) atoms. The molecule has 0 aliphatic carbocycles. The maximum atomic E-state index is 5.84. The van der Waals surface area contributed by atoms with Crippen LogP contribution in [0.25, 0.3) is 0 Å². The number of rotatable bonds is 13. The fraction of sp³-hybridized carbons (Fsp3) is 0.300. The average molecular weight is 461 g/mol. The van der Waals surface area contributed by atoms with Gasteiger partial charge in [0.1, 0.15) is 0 Å². The Bertz CT molecular complexity index is 886. The van der Waals surface area contributed by atoms with Gasteiger partial charge >= 0.3 is 0 Å². The summed E-state index contributed by atoms with van der Waals surface area (Å²) in [7, 11) is 0. The van der Waals surface area contributed by atoms with Gasteiger partial charge in [-0.3, -0.25) is 0 Å². The fourth-order valence-electron chi connectivity index (χ4n) is 3.95. The van der Waals surface area contributed by atoms with Crippen LogP contribution in [0, 0.1) is 0 Å². The summed E-state index contributed by atoms with van der Waals surface area (Å²) in [4.78, 5) is 0. The molecule has 0 saturated heterocycles. The Balaban J connectivity index is 1.93. The van der Waals surface area contributed by atoms with Crippen LogP contribution in [0.1, 0.15) is 39.5 Å². The van der Waals surface area contributed by atoms with Crippen molar-refractivity contribution in [2.45, 2.75) is 45.8 Å². The Morgan fingerprint density at radius 2 is 1.06 bits per heavy atom. The molecule has 0 N–H and O–H groups in total. The minimum absolute atomic E-state index is 0.248. The van der Waals surface area contributed by atoms with Gasteiger partial charge in [-0.25, -0.2) is 0 Å². The van der Waals surface area contributed by atoms with Gasteiger partial charge in [0, 0.05) is 13.2 Å². The third-order valence-electron chi connectivity index (χ3n) is 5.49. The number of hydrogen-bond donors (Lipinski definition) is 0. The second-order valence-electron chi connectivity index (χ2n) is 8.03. The predicted molar refractivity (Wildman–Crippen MR) is 146 cm³/mol. The van der Waals surface area contributed by atoms with Crippen molar-refractivity contribution in [3.63, 3.8) is 0 Å². The van der Waals surface area contributed by atoms with E-state index in [1.54, 1.807) is 0 Å². The molecule has 0 atom stereocenters. The normalized spacial score (nSPS) is 11.8.